The number of rotatable bonds is 2. The van der Waals surface area contributed by atoms with Gasteiger partial charge in [0.1, 0.15) is 0 Å². The molecule has 0 N–H and O–H groups in total. The van der Waals surface area contributed by atoms with Gasteiger partial charge >= 0.3 is 0 Å². The first kappa shape index (κ1) is 14.5. The van der Waals surface area contributed by atoms with Gasteiger partial charge in [0.05, 0.1) is 5.56 Å². The maximum absolute atomic E-state index is 12.5. The molecule has 0 bridgehead atoms. The van der Waals surface area contributed by atoms with E-state index in [0.717, 1.165) is 41.8 Å². The van der Waals surface area contributed by atoms with Crippen LogP contribution in [0.2, 0.25) is 0 Å². The fraction of sp³-hybridized carbons (Fsp3) is 0.533. The lowest BCUT2D eigenvalue weighted by atomic mass is 10.1. The number of aryl methyl sites for hydroxylation is 1. The first-order valence-corrected chi connectivity index (χ1v) is 7.58. The minimum atomic E-state index is 0.135. The molecular weight excluding hydrogens is 304 g/mol. The van der Waals surface area contributed by atoms with Crippen molar-refractivity contribution in [2.45, 2.75) is 26.8 Å². The molecule has 2 rings (SSSR count). The Hall–Kier alpha value is -0.870. The molecule has 0 aliphatic carbocycles. The molecule has 1 fully saturated rings. The van der Waals surface area contributed by atoms with Gasteiger partial charge in [0.25, 0.3) is 5.91 Å². The van der Waals surface area contributed by atoms with E-state index in [0.29, 0.717) is 6.04 Å². The van der Waals surface area contributed by atoms with E-state index in [1.54, 1.807) is 0 Å². The summed E-state index contributed by atoms with van der Waals surface area (Å²) in [5.74, 6) is 0.135. The molecule has 0 unspecified atom stereocenters. The molecule has 1 aromatic rings. The van der Waals surface area contributed by atoms with Crippen molar-refractivity contribution in [2.75, 3.05) is 26.2 Å². The molecular formula is C15H21BrN2O. The zero-order valence-corrected chi connectivity index (χ0v) is 13.4. The third-order valence-corrected chi connectivity index (χ3v) is 4.34. The van der Waals surface area contributed by atoms with E-state index in [2.05, 4.69) is 34.7 Å². The number of amides is 1. The molecule has 104 valence electrons. The standard InChI is InChI=1S/C15H21BrN2O/c1-11(2)17-6-8-18(9-7-17)15(19)13-5-4-12(3)10-14(13)16/h4-5,10-11H,6-9H2,1-3H3. The fourth-order valence-corrected chi connectivity index (χ4v) is 3.07. The molecule has 1 aliphatic rings. The SMILES string of the molecule is Cc1ccc(C(=O)N2CCN(C(C)C)CC2)c(Br)c1. The van der Waals surface area contributed by atoms with Gasteiger partial charge in [-0.25, -0.2) is 0 Å². The Kier molecular flexibility index (Phi) is 4.63. The average Bonchev–Trinajstić information content (AvgIpc) is 2.38. The van der Waals surface area contributed by atoms with Gasteiger partial charge in [0, 0.05) is 36.7 Å². The minimum Gasteiger partial charge on any atom is -0.336 e. The number of hydrogen-bond acceptors (Lipinski definition) is 2. The van der Waals surface area contributed by atoms with Gasteiger partial charge in [0.15, 0.2) is 0 Å². The molecule has 1 aliphatic heterocycles. The number of nitrogens with zero attached hydrogens (tertiary/aromatic N) is 2. The van der Waals surface area contributed by atoms with Crippen molar-refractivity contribution in [3.63, 3.8) is 0 Å². The van der Waals surface area contributed by atoms with Crippen molar-refractivity contribution in [1.29, 1.82) is 0 Å². The summed E-state index contributed by atoms with van der Waals surface area (Å²) in [7, 11) is 0. The quantitative estimate of drug-likeness (QED) is 0.835. The number of carbonyl (C=O) groups excluding carboxylic acids is 1. The van der Waals surface area contributed by atoms with Crippen LogP contribution in [0.25, 0.3) is 0 Å². The van der Waals surface area contributed by atoms with Crippen LogP contribution in [0, 0.1) is 6.92 Å². The van der Waals surface area contributed by atoms with Crippen molar-refractivity contribution in [3.8, 4) is 0 Å². The van der Waals surface area contributed by atoms with Gasteiger partial charge in [-0.05, 0) is 54.4 Å². The summed E-state index contributed by atoms with van der Waals surface area (Å²) in [6.07, 6.45) is 0. The Morgan fingerprint density at radius 3 is 2.37 bits per heavy atom. The molecule has 1 aromatic carbocycles. The van der Waals surface area contributed by atoms with Gasteiger partial charge in [0.2, 0.25) is 0 Å². The zero-order valence-electron chi connectivity index (χ0n) is 11.8. The van der Waals surface area contributed by atoms with Crippen LogP contribution in [0.1, 0.15) is 29.8 Å². The van der Waals surface area contributed by atoms with Gasteiger partial charge in [-0.2, -0.15) is 0 Å². The lowest BCUT2D eigenvalue weighted by Crippen LogP contribution is -2.50. The second-order valence-electron chi connectivity index (χ2n) is 5.41. The summed E-state index contributed by atoms with van der Waals surface area (Å²) in [6, 6.07) is 6.46. The summed E-state index contributed by atoms with van der Waals surface area (Å²) in [6.45, 7) is 10.00. The van der Waals surface area contributed by atoms with Crippen LogP contribution in [-0.4, -0.2) is 47.9 Å². The highest BCUT2D eigenvalue weighted by molar-refractivity contribution is 9.10. The Balaban J connectivity index is 2.05. The van der Waals surface area contributed by atoms with E-state index < -0.39 is 0 Å². The summed E-state index contributed by atoms with van der Waals surface area (Å²) >= 11 is 3.49. The molecule has 4 heteroatoms. The Bertz CT molecular complexity index is 465. The third-order valence-electron chi connectivity index (χ3n) is 3.69. The molecule has 0 atom stereocenters. The lowest BCUT2D eigenvalue weighted by molar-refractivity contribution is 0.0594. The van der Waals surface area contributed by atoms with Gasteiger partial charge in [-0.1, -0.05) is 6.07 Å². The average molecular weight is 325 g/mol. The first-order valence-electron chi connectivity index (χ1n) is 6.78. The molecule has 3 nitrogen and oxygen atoms in total. The predicted octanol–water partition coefficient (Wildman–Crippen LogP) is 2.92. The maximum atomic E-state index is 12.5. The van der Waals surface area contributed by atoms with Crippen molar-refractivity contribution < 1.29 is 4.79 Å². The third kappa shape index (κ3) is 3.37. The molecule has 0 aromatic heterocycles. The fourth-order valence-electron chi connectivity index (χ4n) is 2.41. The van der Waals surface area contributed by atoms with Crippen molar-refractivity contribution in [3.05, 3.63) is 33.8 Å². The van der Waals surface area contributed by atoms with Crippen molar-refractivity contribution in [2.24, 2.45) is 0 Å². The number of benzene rings is 1. The molecule has 1 saturated heterocycles. The first-order chi connectivity index (χ1) is 8.99. The van der Waals surface area contributed by atoms with Gasteiger partial charge < -0.3 is 4.90 Å². The summed E-state index contributed by atoms with van der Waals surface area (Å²) < 4.78 is 0.892. The van der Waals surface area contributed by atoms with Crippen LogP contribution in [0.4, 0.5) is 0 Å². The van der Waals surface area contributed by atoms with E-state index >= 15 is 0 Å². The van der Waals surface area contributed by atoms with E-state index in [-0.39, 0.29) is 5.91 Å². The van der Waals surface area contributed by atoms with Crippen LogP contribution in [-0.2, 0) is 0 Å². The predicted molar refractivity (Wildman–Crippen MR) is 81.5 cm³/mol. The highest BCUT2D eigenvalue weighted by atomic mass is 79.9. The summed E-state index contributed by atoms with van der Waals surface area (Å²) in [5.41, 5.74) is 1.93. The number of piperazine rings is 1. The van der Waals surface area contributed by atoms with Crippen LogP contribution in [0.5, 0.6) is 0 Å². The van der Waals surface area contributed by atoms with E-state index in [9.17, 15) is 4.79 Å². The number of carbonyl (C=O) groups is 1. The maximum Gasteiger partial charge on any atom is 0.255 e. The van der Waals surface area contributed by atoms with Crippen LogP contribution in [0.15, 0.2) is 22.7 Å². The normalized spacial score (nSPS) is 17.0. The lowest BCUT2D eigenvalue weighted by Gasteiger charge is -2.37. The largest absolute Gasteiger partial charge is 0.336 e. The van der Waals surface area contributed by atoms with Gasteiger partial charge in [-0.15, -0.1) is 0 Å². The second kappa shape index (κ2) is 6.06. The van der Waals surface area contributed by atoms with E-state index in [4.69, 9.17) is 0 Å². The second-order valence-corrected chi connectivity index (χ2v) is 6.26. The molecule has 0 spiro atoms. The number of halogens is 1. The minimum absolute atomic E-state index is 0.135. The Labute approximate surface area is 123 Å². The van der Waals surface area contributed by atoms with E-state index in [1.165, 1.54) is 0 Å². The van der Waals surface area contributed by atoms with Crippen LogP contribution >= 0.6 is 15.9 Å². The molecule has 19 heavy (non-hydrogen) atoms. The number of hydrogen-bond donors (Lipinski definition) is 0. The van der Waals surface area contributed by atoms with Gasteiger partial charge in [-0.3, -0.25) is 9.69 Å². The highest BCUT2D eigenvalue weighted by Crippen LogP contribution is 2.21. The Morgan fingerprint density at radius 2 is 1.84 bits per heavy atom. The Morgan fingerprint density at radius 1 is 1.21 bits per heavy atom. The molecule has 1 heterocycles. The summed E-state index contributed by atoms with van der Waals surface area (Å²) in [4.78, 5) is 16.8. The van der Waals surface area contributed by atoms with Crippen LogP contribution < -0.4 is 0 Å². The smallest absolute Gasteiger partial charge is 0.255 e. The molecule has 0 radical (unpaired) electrons. The zero-order chi connectivity index (χ0) is 14.0. The van der Waals surface area contributed by atoms with Crippen molar-refractivity contribution in [1.82, 2.24) is 9.80 Å². The van der Waals surface area contributed by atoms with Crippen LogP contribution in [0.3, 0.4) is 0 Å². The monoisotopic (exact) mass is 324 g/mol. The molecule has 1 amide bonds. The highest BCUT2D eigenvalue weighted by Gasteiger charge is 2.24. The topological polar surface area (TPSA) is 23.6 Å². The van der Waals surface area contributed by atoms with Crippen molar-refractivity contribution >= 4 is 21.8 Å². The van der Waals surface area contributed by atoms with E-state index in [1.807, 2.05) is 30.0 Å². The summed E-state index contributed by atoms with van der Waals surface area (Å²) in [5, 5.41) is 0. The molecule has 0 saturated carbocycles.